The summed E-state index contributed by atoms with van der Waals surface area (Å²) in [6.45, 7) is 9.05. The molecule has 0 unspecified atom stereocenters. The molecule has 0 radical (unpaired) electrons. The number of benzene rings is 2. The number of carbonyl (C=O) groups excluding carboxylic acids is 1. The Morgan fingerprint density at radius 1 is 1.17 bits per heavy atom. The molecule has 0 spiro atoms. The Balaban J connectivity index is 1.51. The third kappa shape index (κ3) is 5.92. The van der Waals surface area contributed by atoms with Crippen LogP contribution in [0.25, 0.3) is 16.2 Å². The molecule has 2 heterocycles. The fourth-order valence-corrected chi connectivity index (χ4v) is 4.50. The lowest BCUT2D eigenvalue weighted by atomic mass is 10.1. The van der Waals surface area contributed by atoms with Crippen molar-refractivity contribution in [2.24, 2.45) is 0 Å². The van der Waals surface area contributed by atoms with E-state index >= 15 is 0 Å². The van der Waals surface area contributed by atoms with Crippen LogP contribution in [0.2, 0.25) is 0 Å². The summed E-state index contributed by atoms with van der Waals surface area (Å²) >= 11 is 1.46. The highest BCUT2D eigenvalue weighted by Gasteiger charge is 2.23. The molecular formula is C26H32N6O2S. The largest absolute Gasteiger partial charge is 0.497 e. The third-order valence-electron chi connectivity index (χ3n) is 5.33. The number of methoxy groups -OCH3 is 1. The summed E-state index contributed by atoms with van der Waals surface area (Å²) in [5, 5.41) is 12.1. The molecule has 0 atom stereocenters. The molecule has 0 saturated carbocycles. The van der Waals surface area contributed by atoms with Crippen LogP contribution in [0.4, 0.5) is 10.9 Å². The van der Waals surface area contributed by atoms with Crippen LogP contribution in [0, 0.1) is 6.92 Å². The van der Waals surface area contributed by atoms with E-state index in [0.29, 0.717) is 6.54 Å². The quantitative estimate of drug-likeness (QED) is 0.370. The highest BCUT2D eigenvalue weighted by atomic mass is 32.1. The molecule has 9 heteroatoms. The number of hydrogen-bond acceptors (Lipinski definition) is 7. The van der Waals surface area contributed by atoms with Crippen molar-refractivity contribution in [2.75, 3.05) is 30.9 Å². The summed E-state index contributed by atoms with van der Waals surface area (Å²) in [5.41, 5.74) is 3.92. The van der Waals surface area contributed by atoms with Crippen LogP contribution in [0.5, 0.6) is 5.75 Å². The number of amides is 1. The number of anilines is 2. The number of imidazole rings is 1. The molecule has 0 aliphatic carbocycles. The summed E-state index contributed by atoms with van der Waals surface area (Å²) in [4.78, 5) is 20.1. The van der Waals surface area contributed by atoms with Gasteiger partial charge in [0, 0.05) is 24.7 Å². The van der Waals surface area contributed by atoms with E-state index in [9.17, 15) is 4.79 Å². The lowest BCUT2D eigenvalue weighted by Crippen LogP contribution is -2.34. The molecule has 35 heavy (non-hydrogen) atoms. The molecule has 0 bridgehead atoms. The van der Waals surface area contributed by atoms with E-state index in [4.69, 9.17) is 14.8 Å². The SMILES string of the molecule is COc1ccc(CNC(=O)CN(C)c2nn3c(NC(C)(C)C)c(-c4cccc(C)c4)nc3s2)cc1. The van der Waals surface area contributed by atoms with Gasteiger partial charge in [0.15, 0.2) is 5.82 Å². The third-order valence-corrected chi connectivity index (χ3v) is 6.36. The average Bonchev–Trinajstić information content (AvgIpc) is 3.36. The zero-order valence-corrected chi connectivity index (χ0v) is 21.9. The Labute approximate surface area is 209 Å². The second-order valence-corrected chi connectivity index (χ2v) is 10.5. The van der Waals surface area contributed by atoms with Crippen LogP contribution in [0.3, 0.4) is 0 Å². The normalized spacial score (nSPS) is 11.5. The Morgan fingerprint density at radius 3 is 2.57 bits per heavy atom. The topological polar surface area (TPSA) is 83.8 Å². The van der Waals surface area contributed by atoms with Gasteiger partial charge < -0.3 is 20.3 Å². The maximum atomic E-state index is 12.6. The maximum absolute atomic E-state index is 12.6. The Kier molecular flexibility index (Phi) is 6.98. The van der Waals surface area contributed by atoms with E-state index in [1.54, 1.807) is 7.11 Å². The van der Waals surface area contributed by atoms with Gasteiger partial charge in [-0.3, -0.25) is 4.79 Å². The van der Waals surface area contributed by atoms with Gasteiger partial charge in [-0.15, -0.1) is 5.10 Å². The van der Waals surface area contributed by atoms with Gasteiger partial charge in [0.25, 0.3) is 0 Å². The first-order valence-corrected chi connectivity index (χ1v) is 12.3. The lowest BCUT2D eigenvalue weighted by molar-refractivity contribution is -0.119. The minimum absolute atomic E-state index is 0.0790. The molecule has 8 nitrogen and oxygen atoms in total. The standard InChI is InChI=1S/C26H32N6O2S/c1-17-8-7-9-19(14-17)22-23(29-26(2,3)4)32-24(28-22)35-25(30-32)31(5)16-21(33)27-15-18-10-12-20(34-6)13-11-18/h7-14,29H,15-16H2,1-6H3,(H,27,33). The second kappa shape index (κ2) is 9.95. The monoisotopic (exact) mass is 492 g/mol. The fourth-order valence-electron chi connectivity index (χ4n) is 3.64. The van der Waals surface area contributed by atoms with Gasteiger partial charge in [0.2, 0.25) is 16.0 Å². The highest BCUT2D eigenvalue weighted by Crippen LogP contribution is 2.34. The van der Waals surface area contributed by atoms with Crippen LogP contribution in [0.1, 0.15) is 31.9 Å². The number of carbonyl (C=O) groups is 1. The first-order valence-electron chi connectivity index (χ1n) is 11.5. The molecule has 2 aromatic carbocycles. The molecule has 4 aromatic rings. The van der Waals surface area contributed by atoms with E-state index < -0.39 is 0 Å². The highest BCUT2D eigenvalue weighted by molar-refractivity contribution is 7.20. The zero-order chi connectivity index (χ0) is 25.2. The van der Waals surface area contributed by atoms with Crippen molar-refractivity contribution in [3.63, 3.8) is 0 Å². The molecule has 184 valence electrons. The van der Waals surface area contributed by atoms with Crippen molar-refractivity contribution < 1.29 is 9.53 Å². The maximum Gasteiger partial charge on any atom is 0.239 e. The number of nitrogens with zero attached hydrogens (tertiary/aromatic N) is 4. The number of nitrogens with one attached hydrogen (secondary N) is 2. The van der Waals surface area contributed by atoms with Crippen molar-refractivity contribution in [3.8, 4) is 17.0 Å². The Morgan fingerprint density at radius 2 is 1.91 bits per heavy atom. The molecular weight excluding hydrogens is 460 g/mol. The van der Waals surface area contributed by atoms with E-state index in [-0.39, 0.29) is 18.0 Å². The molecule has 0 saturated heterocycles. The number of hydrogen-bond donors (Lipinski definition) is 2. The summed E-state index contributed by atoms with van der Waals surface area (Å²) in [6.07, 6.45) is 0. The minimum atomic E-state index is -0.175. The van der Waals surface area contributed by atoms with Crippen LogP contribution in [0.15, 0.2) is 48.5 Å². The van der Waals surface area contributed by atoms with Crippen molar-refractivity contribution in [2.45, 2.75) is 39.8 Å². The zero-order valence-electron chi connectivity index (χ0n) is 21.0. The van der Waals surface area contributed by atoms with Crippen LogP contribution in [-0.2, 0) is 11.3 Å². The van der Waals surface area contributed by atoms with Gasteiger partial charge in [-0.1, -0.05) is 47.2 Å². The van der Waals surface area contributed by atoms with Crippen LogP contribution >= 0.6 is 11.3 Å². The van der Waals surface area contributed by atoms with Gasteiger partial charge in [0.05, 0.1) is 13.7 Å². The van der Waals surface area contributed by atoms with Crippen molar-refractivity contribution in [1.29, 1.82) is 0 Å². The predicted molar refractivity (Wildman–Crippen MR) is 143 cm³/mol. The second-order valence-electron chi connectivity index (χ2n) is 9.61. The molecule has 4 rings (SSSR count). The van der Waals surface area contributed by atoms with Crippen LogP contribution in [-0.4, -0.2) is 46.7 Å². The van der Waals surface area contributed by atoms with Gasteiger partial charge in [-0.2, -0.15) is 4.52 Å². The van der Waals surface area contributed by atoms with Gasteiger partial charge in [-0.25, -0.2) is 4.98 Å². The molecule has 1 amide bonds. The molecule has 0 aliphatic rings. The van der Waals surface area contributed by atoms with Crippen LogP contribution < -0.4 is 20.3 Å². The van der Waals surface area contributed by atoms with E-state index in [1.165, 1.54) is 16.9 Å². The molecule has 0 fully saturated rings. The fraction of sp³-hybridized carbons (Fsp3) is 0.346. The summed E-state index contributed by atoms with van der Waals surface area (Å²) in [7, 11) is 3.50. The molecule has 2 aromatic heterocycles. The average molecular weight is 493 g/mol. The number of rotatable bonds is 8. The number of likely N-dealkylation sites (N-methyl/N-ethyl adjacent to an activating group) is 1. The first-order chi connectivity index (χ1) is 16.6. The van der Waals surface area contributed by atoms with Crippen molar-refractivity contribution in [1.82, 2.24) is 19.9 Å². The molecule has 0 aliphatic heterocycles. The minimum Gasteiger partial charge on any atom is -0.497 e. The molecule has 2 N–H and O–H groups in total. The predicted octanol–water partition coefficient (Wildman–Crippen LogP) is 4.74. The lowest BCUT2D eigenvalue weighted by Gasteiger charge is -2.22. The number of aryl methyl sites for hydroxylation is 1. The van der Waals surface area contributed by atoms with Gasteiger partial charge in [-0.05, 0) is 51.5 Å². The van der Waals surface area contributed by atoms with E-state index in [1.807, 2.05) is 46.8 Å². The Bertz CT molecular complexity index is 1320. The van der Waals surface area contributed by atoms with E-state index in [0.717, 1.165) is 38.5 Å². The van der Waals surface area contributed by atoms with Crippen molar-refractivity contribution in [3.05, 3.63) is 59.7 Å². The van der Waals surface area contributed by atoms with Gasteiger partial charge >= 0.3 is 0 Å². The van der Waals surface area contributed by atoms with E-state index in [2.05, 4.69) is 56.5 Å². The summed E-state index contributed by atoms with van der Waals surface area (Å²) in [6, 6.07) is 15.9. The number of ether oxygens (including phenoxy) is 1. The smallest absolute Gasteiger partial charge is 0.239 e. The van der Waals surface area contributed by atoms with Crippen molar-refractivity contribution >= 4 is 33.2 Å². The number of fused-ring (bicyclic) bond motifs is 1. The summed E-state index contributed by atoms with van der Waals surface area (Å²) in [5.74, 6) is 1.56. The first kappa shape index (κ1) is 24.5. The summed E-state index contributed by atoms with van der Waals surface area (Å²) < 4.78 is 7.02. The Hall–Kier alpha value is -3.59. The number of aromatic nitrogens is 3. The van der Waals surface area contributed by atoms with Gasteiger partial charge in [0.1, 0.15) is 11.4 Å².